The lowest BCUT2D eigenvalue weighted by molar-refractivity contribution is 0.0479. The molecule has 1 saturated heterocycles. The van der Waals surface area contributed by atoms with Gasteiger partial charge in [0.1, 0.15) is 11.3 Å². The van der Waals surface area contributed by atoms with Gasteiger partial charge in [-0.15, -0.1) is 0 Å². The molecule has 0 saturated carbocycles. The Bertz CT molecular complexity index is 451. The average Bonchev–Trinajstić information content (AvgIpc) is 2.75. The number of likely N-dealkylation sites (tertiary alicyclic amines) is 1. The fourth-order valence-electron chi connectivity index (χ4n) is 2.83. The molecule has 1 aromatic rings. The summed E-state index contributed by atoms with van der Waals surface area (Å²) in [5.41, 5.74) is 0.232. The molecule has 0 amide bonds. The van der Waals surface area contributed by atoms with Gasteiger partial charge in [0.15, 0.2) is 0 Å². The minimum absolute atomic E-state index is 0.0284. The molecule has 1 aliphatic rings. The summed E-state index contributed by atoms with van der Waals surface area (Å²) in [4.78, 5) is 14.3. The lowest BCUT2D eigenvalue weighted by Crippen LogP contribution is -2.34. The van der Waals surface area contributed by atoms with Gasteiger partial charge in [-0.2, -0.15) is 0 Å². The molecule has 0 unspecified atom stereocenters. The van der Waals surface area contributed by atoms with Crippen LogP contribution in [0.3, 0.4) is 0 Å². The zero-order chi connectivity index (χ0) is 14.5. The van der Waals surface area contributed by atoms with Crippen LogP contribution < -0.4 is 0 Å². The van der Waals surface area contributed by atoms with Gasteiger partial charge in [-0.3, -0.25) is 4.90 Å². The zero-order valence-corrected chi connectivity index (χ0v) is 12.2. The largest absolute Gasteiger partial charge is 0.507 e. The Kier molecular flexibility index (Phi) is 5.01. The van der Waals surface area contributed by atoms with E-state index in [1.54, 1.807) is 18.2 Å². The van der Waals surface area contributed by atoms with Gasteiger partial charge in [-0.25, -0.2) is 4.79 Å². The van der Waals surface area contributed by atoms with Gasteiger partial charge in [-0.1, -0.05) is 12.1 Å². The van der Waals surface area contributed by atoms with Crippen LogP contribution in [0.2, 0.25) is 0 Å². The lowest BCUT2D eigenvalue weighted by Gasteiger charge is -2.25. The van der Waals surface area contributed by atoms with Crippen LogP contribution in [0, 0.1) is 0 Å². The fourth-order valence-corrected chi connectivity index (χ4v) is 2.83. The molecule has 4 nitrogen and oxygen atoms in total. The molecule has 2 rings (SSSR count). The molecule has 0 bridgehead atoms. The summed E-state index contributed by atoms with van der Waals surface area (Å²) < 4.78 is 5.21. The van der Waals surface area contributed by atoms with E-state index in [4.69, 9.17) is 4.74 Å². The maximum Gasteiger partial charge on any atom is 0.341 e. The van der Waals surface area contributed by atoms with E-state index in [1.807, 2.05) is 0 Å². The Labute approximate surface area is 120 Å². The van der Waals surface area contributed by atoms with Crippen molar-refractivity contribution in [3.05, 3.63) is 29.8 Å². The van der Waals surface area contributed by atoms with Crippen LogP contribution >= 0.6 is 0 Å². The molecule has 110 valence electrons. The van der Waals surface area contributed by atoms with Crippen LogP contribution in [-0.2, 0) is 4.74 Å². The van der Waals surface area contributed by atoms with Crippen molar-refractivity contribution < 1.29 is 14.6 Å². The van der Waals surface area contributed by atoms with Gasteiger partial charge in [0.25, 0.3) is 0 Å². The number of benzene rings is 1. The molecule has 1 aliphatic heterocycles. The standard InChI is InChI=1S/C16H23NO3/c1-12-8-9-13(2)17(12)10-5-11-20-16(19)14-6-3-4-7-15(14)18/h3-4,6-7,12-13,18H,5,8-11H2,1-2H3/t12-,13-/m1/s1. The van der Waals surface area contributed by atoms with Gasteiger partial charge in [0.2, 0.25) is 0 Å². The van der Waals surface area contributed by atoms with Crippen molar-refractivity contribution in [1.82, 2.24) is 4.90 Å². The number of carbonyl (C=O) groups is 1. The SMILES string of the molecule is C[C@@H]1CC[C@@H](C)N1CCCOC(=O)c1ccccc1O. The molecular formula is C16H23NO3. The molecule has 0 aromatic heterocycles. The van der Waals surface area contributed by atoms with Gasteiger partial charge in [0, 0.05) is 18.6 Å². The van der Waals surface area contributed by atoms with E-state index in [0.717, 1.165) is 13.0 Å². The van der Waals surface area contributed by atoms with E-state index in [0.29, 0.717) is 18.7 Å². The van der Waals surface area contributed by atoms with E-state index in [-0.39, 0.29) is 11.3 Å². The van der Waals surface area contributed by atoms with E-state index >= 15 is 0 Å². The molecule has 0 aliphatic carbocycles. The van der Waals surface area contributed by atoms with E-state index < -0.39 is 5.97 Å². The van der Waals surface area contributed by atoms with Crippen molar-refractivity contribution in [1.29, 1.82) is 0 Å². The van der Waals surface area contributed by atoms with Crippen molar-refractivity contribution in [3.8, 4) is 5.75 Å². The molecule has 1 fully saturated rings. The monoisotopic (exact) mass is 277 g/mol. The smallest absolute Gasteiger partial charge is 0.341 e. The molecule has 0 radical (unpaired) electrons. The second kappa shape index (κ2) is 6.75. The van der Waals surface area contributed by atoms with Gasteiger partial charge in [-0.05, 0) is 45.2 Å². The van der Waals surface area contributed by atoms with E-state index in [9.17, 15) is 9.90 Å². The summed E-state index contributed by atoms with van der Waals surface area (Å²) in [6, 6.07) is 7.70. The zero-order valence-electron chi connectivity index (χ0n) is 12.2. The second-order valence-corrected chi connectivity index (χ2v) is 5.52. The number of para-hydroxylation sites is 1. The minimum Gasteiger partial charge on any atom is -0.507 e. The van der Waals surface area contributed by atoms with Gasteiger partial charge < -0.3 is 9.84 Å². The topological polar surface area (TPSA) is 49.8 Å². The molecule has 2 atom stereocenters. The number of ether oxygens (including phenoxy) is 1. The number of rotatable bonds is 5. The predicted octanol–water partition coefficient (Wildman–Crippen LogP) is 2.81. The maximum atomic E-state index is 11.8. The van der Waals surface area contributed by atoms with Crippen molar-refractivity contribution in [2.75, 3.05) is 13.2 Å². The molecule has 1 N–H and O–H groups in total. The summed E-state index contributed by atoms with van der Waals surface area (Å²) in [6.07, 6.45) is 3.33. The van der Waals surface area contributed by atoms with Crippen molar-refractivity contribution >= 4 is 5.97 Å². The van der Waals surface area contributed by atoms with E-state index in [2.05, 4.69) is 18.7 Å². The number of nitrogens with zero attached hydrogens (tertiary/aromatic N) is 1. The summed E-state index contributed by atoms with van der Waals surface area (Å²) in [5, 5.41) is 9.57. The first-order chi connectivity index (χ1) is 9.59. The Hall–Kier alpha value is -1.55. The third-order valence-electron chi connectivity index (χ3n) is 4.05. The van der Waals surface area contributed by atoms with Crippen LogP contribution in [-0.4, -0.2) is 41.2 Å². The number of esters is 1. The maximum absolute atomic E-state index is 11.8. The molecule has 1 aromatic carbocycles. The number of hydrogen-bond donors (Lipinski definition) is 1. The second-order valence-electron chi connectivity index (χ2n) is 5.52. The highest BCUT2D eigenvalue weighted by Crippen LogP contribution is 2.23. The molecule has 4 heteroatoms. The third kappa shape index (κ3) is 3.51. The van der Waals surface area contributed by atoms with E-state index in [1.165, 1.54) is 18.9 Å². The highest BCUT2D eigenvalue weighted by molar-refractivity contribution is 5.92. The van der Waals surface area contributed by atoms with Crippen LogP contribution in [0.1, 0.15) is 43.5 Å². The third-order valence-corrected chi connectivity index (χ3v) is 4.05. The fraction of sp³-hybridized carbons (Fsp3) is 0.562. The Morgan fingerprint density at radius 1 is 1.30 bits per heavy atom. The van der Waals surface area contributed by atoms with Gasteiger partial charge >= 0.3 is 5.97 Å². The number of phenolic OH excluding ortho intramolecular Hbond substituents is 1. The van der Waals surface area contributed by atoms with Crippen LogP contribution in [0.5, 0.6) is 5.75 Å². The lowest BCUT2D eigenvalue weighted by atomic mass is 10.2. The van der Waals surface area contributed by atoms with Crippen LogP contribution in [0.4, 0.5) is 0 Å². The highest BCUT2D eigenvalue weighted by Gasteiger charge is 2.26. The molecule has 1 heterocycles. The van der Waals surface area contributed by atoms with Crippen molar-refractivity contribution in [3.63, 3.8) is 0 Å². The molecule has 20 heavy (non-hydrogen) atoms. The normalized spacial score (nSPS) is 22.9. The number of hydrogen-bond acceptors (Lipinski definition) is 4. The number of carbonyl (C=O) groups excluding carboxylic acids is 1. The van der Waals surface area contributed by atoms with Crippen molar-refractivity contribution in [2.45, 2.75) is 45.2 Å². The Balaban J connectivity index is 1.74. The number of aromatic hydroxyl groups is 1. The quantitative estimate of drug-likeness (QED) is 0.664. The highest BCUT2D eigenvalue weighted by atomic mass is 16.5. The number of phenols is 1. The average molecular weight is 277 g/mol. The molecule has 0 spiro atoms. The first-order valence-corrected chi connectivity index (χ1v) is 7.30. The van der Waals surface area contributed by atoms with Crippen LogP contribution in [0.25, 0.3) is 0 Å². The first-order valence-electron chi connectivity index (χ1n) is 7.30. The predicted molar refractivity (Wildman–Crippen MR) is 77.9 cm³/mol. The summed E-state index contributed by atoms with van der Waals surface area (Å²) in [7, 11) is 0. The van der Waals surface area contributed by atoms with Gasteiger partial charge in [0.05, 0.1) is 6.61 Å². The Morgan fingerprint density at radius 3 is 2.60 bits per heavy atom. The first kappa shape index (κ1) is 14.9. The summed E-state index contributed by atoms with van der Waals surface area (Å²) >= 11 is 0. The summed E-state index contributed by atoms with van der Waals surface area (Å²) in [6.45, 7) is 5.84. The van der Waals surface area contributed by atoms with Crippen LogP contribution in [0.15, 0.2) is 24.3 Å². The molecular weight excluding hydrogens is 254 g/mol. The minimum atomic E-state index is -0.453. The summed E-state index contributed by atoms with van der Waals surface area (Å²) in [5.74, 6) is -0.482. The van der Waals surface area contributed by atoms with Crippen molar-refractivity contribution in [2.24, 2.45) is 0 Å². The Morgan fingerprint density at radius 2 is 1.95 bits per heavy atom.